The van der Waals surface area contributed by atoms with E-state index < -0.39 is 10.0 Å². The van der Waals surface area contributed by atoms with E-state index in [9.17, 15) is 13.2 Å². The van der Waals surface area contributed by atoms with Gasteiger partial charge in [0.15, 0.2) is 0 Å². The second-order valence-corrected chi connectivity index (χ2v) is 9.98. The van der Waals surface area contributed by atoms with Crippen LogP contribution in [-0.2, 0) is 14.8 Å². The normalized spacial score (nSPS) is 22.5. The van der Waals surface area contributed by atoms with Crippen LogP contribution in [-0.4, -0.2) is 56.3 Å². The number of carbonyl (C=O) groups is 1. The fourth-order valence-corrected chi connectivity index (χ4v) is 5.55. The molecule has 0 aromatic heterocycles. The van der Waals surface area contributed by atoms with E-state index in [-0.39, 0.29) is 10.8 Å². The predicted octanol–water partition coefficient (Wildman–Crippen LogP) is 3.19. The standard InChI is InChI=1S/C19H28ClN3O3S/c1-15-6-5-9-22(13-15)14-19(24)21-18-12-16(7-8-17(18)20)27(25,26)23-10-3-2-4-11-23/h7-8,12,15H,2-6,9-11,13-14H2,1H3,(H,21,24)/t15-/m1/s1. The zero-order valence-electron chi connectivity index (χ0n) is 15.8. The Kier molecular flexibility index (Phi) is 6.78. The number of benzene rings is 1. The van der Waals surface area contributed by atoms with Crippen LogP contribution in [0, 0.1) is 5.92 Å². The van der Waals surface area contributed by atoms with Crippen LogP contribution >= 0.6 is 11.6 Å². The SMILES string of the molecule is C[C@@H]1CCCN(CC(=O)Nc2cc(S(=O)(=O)N3CCCCC3)ccc2Cl)C1. The van der Waals surface area contributed by atoms with E-state index in [1.165, 1.54) is 28.9 Å². The van der Waals surface area contributed by atoms with Gasteiger partial charge in [-0.25, -0.2) is 8.42 Å². The largest absolute Gasteiger partial charge is 0.324 e. The highest BCUT2D eigenvalue weighted by Crippen LogP contribution is 2.28. The molecule has 0 spiro atoms. The minimum atomic E-state index is -3.56. The van der Waals surface area contributed by atoms with E-state index in [2.05, 4.69) is 17.1 Å². The molecule has 1 aromatic carbocycles. The van der Waals surface area contributed by atoms with Gasteiger partial charge in [0.05, 0.1) is 22.2 Å². The van der Waals surface area contributed by atoms with Crippen molar-refractivity contribution in [2.75, 3.05) is 38.0 Å². The first kappa shape index (κ1) is 20.6. The third-order valence-electron chi connectivity index (χ3n) is 5.27. The number of sulfonamides is 1. The van der Waals surface area contributed by atoms with E-state index in [1.807, 2.05) is 0 Å². The Labute approximate surface area is 166 Å². The molecule has 3 rings (SSSR count). The van der Waals surface area contributed by atoms with E-state index in [0.717, 1.165) is 38.8 Å². The van der Waals surface area contributed by atoms with Crippen molar-refractivity contribution in [2.24, 2.45) is 5.92 Å². The summed E-state index contributed by atoms with van der Waals surface area (Å²) in [7, 11) is -3.56. The van der Waals surface area contributed by atoms with Crippen molar-refractivity contribution >= 4 is 33.2 Å². The van der Waals surface area contributed by atoms with Gasteiger partial charge in [0.1, 0.15) is 0 Å². The van der Waals surface area contributed by atoms with Gasteiger partial charge >= 0.3 is 0 Å². The molecule has 8 heteroatoms. The lowest BCUT2D eigenvalue weighted by Crippen LogP contribution is -2.39. The molecule has 2 saturated heterocycles. The summed E-state index contributed by atoms with van der Waals surface area (Å²) in [6, 6.07) is 4.52. The van der Waals surface area contributed by atoms with Gasteiger partial charge in [0.2, 0.25) is 15.9 Å². The first-order valence-corrected chi connectivity index (χ1v) is 11.5. The molecule has 6 nitrogen and oxygen atoms in total. The molecule has 0 bridgehead atoms. The van der Waals surface area contributed by atoms with Crippen molar-refractivity contribution in [2.45, 2.75) is 43.9 Å². The van der Waals surface area contributed by atoms with Crippen LogP contribution in [0.2, 0.25) is 5.02 Å². The average Bonchev–Trinajstić information content (AvgIpc) is 2.64. The van der Waals surface area contributed by atoms with Gasteiger partial charge in [0, 0.05) is 19.6 Å². The van der Waals surface area contributed by atoms with Crippen molar-refractivity contribution in [1.82, 2.24) is 9.21 Å². The van der Waals surface area contributed by atoms with E-state index in [0.29, 0.717) is 36.3 Å². The second-order valence-electron chi connectivity index (χ2n) is 7.64. The fourth-order valence-electron chi connectivity index (χ4n) is 3.84. The number of nitrogens with one attached hydrogen (secondary N) is 1. The van der Waals surface area contributed by atoms with Crippen LogP contribution < -0.4 is 5.32 Å². The third-order valence-corrected chi connectivity index (χ3v) is 7.50. The molecule has 27 heavy (non-hydrogen) atoms. The Hall–Kier alpha value is -1.15. The number of likely N-dealkylation sites (tertiary alicyclic amines) is 1. The molecule has 1 atom stereocenters. The molecule has 0 aliphatic carbocycles. The summed E-state index contributed by atoms with van der Waals surface area (Å²) in [6.07, 6.45) is 5.11. The lowest BCUT2D eigenvalue weighted by Gasteiger charge is -2.30. The summed E-state index contributed by atoms with van der Waals surface area (Å²) in [5.74, 6) is 0.423. The summed E-state index contributed by atoms with van der Waals surface area (Å²) >= 11 is 6.21. The van der Waals surface area contributed by atoms with Gasteiger partial charge in [0.25, 0.3) is 0 Å². The molecule has 0 saturated carbocycles. The number of carbonyl (C=O) groups excluding carboxylic acids is 1. The smallest absolute Gasteiger partial charge is 0.243 e. The lowest BCUT2D eigenvalue weighted by molar-refractivity contribution is -0.117. The Bertz CT molecular complexity index is 778. The maximum Gasteiger partial charge on any atom is 0.243 e. The van der Waals surface area contributed by atoms with Gasteiger partial charge < -0.3 is 5.32 Å². The molecule has 2 aliphatic rings. The van der Waals surface area contributed by atoms with Gasteiger partial charge in [-0.05, 0) is 56.3 Å². The number of hydrogen-bond acceptors (Lipinski definition) is 4. The molecule has 2 fully saturated rings. The molecule has 1 amide bonds. The molecule has 150 valence electrons. The number of hydrogen-bond donors (Lipinski definition) is 1. The van der Waals surface area contributed by atoms with Crippen molar-refractivity contribution < 1.29 is 13.2 Å². The quantitative estimate of drug-likeness (QED) is 0.804. The number of piperidine rings is 2. The maximum atomic E-state index is 12.9. The Morgan fingerprint density at radius 1 is 1.19 bits per heavy atom. The highest BCUT2D eigenvalue weighted by Gasteiger charge is 2.27. The van der Waals surface area contributed by atoms with Gasteiger partial charge in [-0.1, -0.05) is 24.9 Å². The Balaban J connectivity index is 1.70. The first-order chi connectivity index (χ1) is 12.9. The number of nitrogens with zero attached hydrogens (tertiary/aromatic N) is 2. The van der Waals surface area contributed by atoms with Crippen LogP contribution in [0.4, 0.5) is 5.69 Å². The lowest BCUT2D eigenvalue weighted by atomic mass is 10.0. The highest BCUT2D eigenvalue weighted by atomic mass is 35.5. The van der Waals surface area contributed by atoms with Crippen molar-refractivity contribution in [3.05, 3.63) is 23.2 Å². The van der Waals surface area contributed by atoms with E-state index in [4.69, 9.17) is 11.6 Å². The van der Waals surface area contributed by atoms with Gasteiger partial charge in [-0.2, -0.15) is 4.31 Å². The van der Waals surface area contributed by atoms with Crippen molar-refractivity contribution in [1.29, 1.82) is 0 Å². The van der Waals surface area contributed by atoms with Crippen LogP contribution in [0.3, 0.4) is 0 Å². The molecule has 0 unspecified atom stereocenters. The molecule has 2 aliphatic heterocycles. The zero-order chi connectivity index (χ0) is 19.4. The second kappa shape index (κ2) is 8.90. The number of amides is 1. The molecule has 1 N–H and O–H groups in total. The van der Waals surface area contributed by atoms with Crippen LogP contribution in [0.15, 0.2) is 23.1 Å². The van der Waals surface area contributed by atoms with Crippen LogP contribution in [0.5, 0.6) is 0 Å². The summed E-state index contributed by atoms with van der Waals surface area (Å²) in [5.41, 5.74) is 0.352. The Morgan fingerprint density at radius 2 is 1.93 bits per heavy atom. The van der Waals surface area contributed by atoms with E-state index >= 15 is 0 Å². The average molecular weight is 414 g/mol. The topological polar surface area (TPSA) is 69.7 Å². The zero-order valence-corrected chi connectivity index (χ0v) is 17.4. The first-order valence-electron chi connectivity index (χ1n) is 9.68. The van der Waals surface area contributed by atoms with Crippen molar-refractivity contribution in [3.8, 4) is 0 Å². The van der Waals surface area contributed by atoms with Gasteiger partial charge in [-0.3, -0.25) is 9.69 Å². The third kappa shape index (κ3) is 5.22. The molecule has 1 aromatic rings. The van der Waals surface area contributed by atoms with Crippen molar-refractivity contribution in [3.63, 3.8) is 0 Å². The number of anilines is 1. The number of rotatable bonds is 5. The fraction of sp³-hybridized carbons (Fsp3) is 0.632. The monoisotopic (exact) mass is 413 g/mol. The highest BCUT2D eigenvalue weighted by molar-refractivity contribution is 7.89. The van der Waals surface area contributed by atoms with E-state index in [1.54, 1.807) is 0 Å². The molecular formula is C19H28ClN3O3S. The Morgan fingerprint density at radius 3 is 2.63 bits per heavy atom. The summed E-state index contributed by atoms with van der Waals surface area (Å²) in [4.78, 5) is 14.7. The molecule has 0 radical (unpaired) electrons. The summed E-state index contributed by atoms with van der Waals surface area (Å²) < 4.78 is 27.2. The van der Waals surface area contributed by atoms with Gasteiger partial charge in [-0.15, -0.1) is 0 Å². The number of halogens is 1. The minimum absolute atomic E-state index is 0.168. The van der Waals surface area contributed by atoms with Crippen LogP contribution in [0.1, 0.15) is 39.0 Å². The summed E-state index contributed by atoms with van der Waals surface area (Å²) in [6.45, 7) is 5.39. The molecule has 2 heterocycles. The maximum absolute atomic E-state index is 12.9. The predicted molar refractivity (Wildman–Crippen MR) is 108 cm³/mol. The summed E-state index contributed by atoms with van der Waals surface area (Å²) in [5, 5.41) is 3.13. The molecular weight excluding hydrogens is 386 g/mol. The minimum Gasteiger partial charge on any atom is -0.324 e. The van der Waals surface area contributed by atoms with Crippen LogP contribution in [0.25, 0.3) is 0 Å².